The SMILES string of the molecule is CNc1ccc(-c2ccc(N3C(=S)N(c4ccc(C#N)c(C(F)(F)F)c4)C(=O)C3(C)C)cc2)cc1. The zero-order chi connectivity index (χ0) is 25.5. The zero-order valence-electron chi connectivity index (χ0n) is 19.1. The Kier molecular flexibility index (Phi) is 6.03. The van der Waals surface area contributed by atoms with E-state index < -0.39 is 28.7 Å². The highest BCUT2D eigenvalue weighted by Crippen LogP contribution is 2.40. The van der Waals surface area contributed by atoms with Gasteiger partial charge in [-0.1, -0.05) is 24.3 Å². The van der Waals surface area contributed by atoms with E-state index in [9.17, 15) is 18.0 Å². The van der Waals surface area contributed by atoms with Crippen LogP contribution in [0.2, 0.25) is 0 Å². The second-order valence-corrected chi connectivity index (χ2v) is 8.90. The number of benzene rings is 3. The minimum Gasteiger partial charge on any atom is -0.388 e. The molecule has 3 aromatic carbocycles. The van der Waals surface area contributed by atoms with Crippen LogP contribution in [-0.4, -0.2) is 23.6 Å². The Labute approximate surface area is 206 Å². The molecule has 3 aromatic rings. The number of anilines is 3. The molecule has 4 rings (SSSR count). The molecule has 0 spiro atoms. The van der Waals surface area contributed by atoms with Crippen molar-refractivity contribution >= 4 is 40.3 Å². The number of carbonyl (C=O) groups is 1. The van der Waals surface area contributed by atoms with E-state index in [1.165, 1.54) is 6.07 Å². The van der Waals surface area contributed by atoms with Crippen LogP contribution in [0, 0.1) is 11.3 Å². The molecule has 0 bridgehead atoms. The molecule has 1 fully saturated rings. The summed E-state index contributed by atoms with van der Waals surface area (Å²) in [7, 11) is 1.84. The molecule has 0 aromatic heterocycles. The minimum atomic E-state index is -4.75. The normalized spacial score (nSPS) is 15.3. The number of halogens is 3. The molecule has 1 N–H and O–H groups in total. The molecule has 0 radical (unpaired) electrons. The van der Waals surface area contributed by atoms with Gasteiger partial charge in [0.05, 0.1) is 22.9 Å². The van der Waals surface area contributed by atoms with Crippen molar-refractivity contribution in [3.05, 3.63) is 77.9 Å². The fraction of sp³-hybridized carbons (Fsp3) is 0.192. The summed E-state index contributed by atoms with van der Waals surface area (Å²) in [4.78, 5) is 16.1. The highest BCUT2D eigenvalue weighted by molar-refractivity contribution is 7.81. The molecule has 0 unspecified atom stereocenters. The van der Waals surface area contributed by atoms with Gasteiger partial charge in [-0.3, -0.25) is 9.69 Å². The highest BCUT2D eigenvalue weighted by Gasteiger charge is 2.50. The average molecular weight is 495 g/mol. The first-order chi connectivity index (χ1) is 16.5. The van der Waals surface area contributed by atoms with Gasteiger partial charge in [0.25, 0.3) is 5.91 Å². The van der Waals surface area contributed by atoms with E-state index in [-0.39, 0.29) is 10.8 Å². The topological polar surface area (TPSA) is 59.4 Å². The monoisotopic (exact) mass is 494 g/mol. The van der Waals surface area contributed by atoms with E-state index in [0.717, 1.165) is 33.8 Å². The summed E-state index contributed by atoms with van der Waals surface area (Å²) in [6.07, 6.45) is -4.75. The van der Waals surface area contributed by atoms with Gasteiger partial charge in [-0.15, -0.1) is 0 Å². The Morgan fingerprint density at radius 2 is 1.49 bits per heavy atom. The molecule has 1 aliphatic rings. The van der Waals surface area contributed by atoms with Gasteiger partial charge in [0, 0.05) is 18.4 Å². The van der Waals surface area contributed by atoms with Gasteiger partial charge in [-0.05, 0) is 79.7 Å². The van der Waals surface area contributed by atoms with Crippen LogP contribution < -0.4 is 15.1 Å². The number of rotatable bonds is 4. The number of nitriles is 1. The van der Waals surface area contributed by atoms with Crippen LogP contribution in [0.5, 0.6) is 0 Å². The summed E-state index contributed by atoms with van der Waals surface area (Å²) in [6, 6.07) is 20.0. The lowest BCUT2D eigenvalue weighted by atomic mass is 10.0. The molecule has 0 saturated carbocycles. The lowest BCUT2D eigenvalue weighted by molar-refractivity contribution is -0.137. The lowest BCUT2D eigenvalue weighted by Gasteiger charge is -2.29. The molecule has 9 heteroatoms. The second-order valence-electron chi connectivity index (χ2n) is 8.53. The number of thiocarbonyl (C=S) groups is 1. The molecule has 5 nitrogen and oxygen atoms in total. The van der Waals surface area contributed by atoms with Crippen LogP contribution in [-0.2, 0) is 11.0 Å². The van der Waals surface area contributed by atoms with Crippen molar-refractivity contribution in [1.29, 1.82) is 5.26 Å². The van der Waals surface area contributed by atoms with Crippen LogP contribution in [0.4, 0.5) is 30.2 Å². The van der Waals surface area contributed by atoms with E-state index in [4.69, 9.17) is 17.5 Å². The molecule has 178 valence electrons. The molecular formula is C26H21F3N4OS. The summed E-state index contributed by atoms with van der Waals surface area (Å²) in [5, 5.41) is 12.2. The van der Waals surface area contributed by atoms with Gasteiger partial charge in [0.1, 0.15) is 5.54 Å². The smallest absolute Gasteiger partial charge is 0.388 e. The summed E-state index contributed by atoms with van der Waals surface area (Å²) in [5.41, 5.74) is 0.785. The molecule has 35 heavy (non-hydrogen) atoms. The first kappa shape index (κ1) is 24.2. The standard InChI is InChI=1S/C26H21F3N4OS/c1-25(2)23(34)32(21-13-8-18(15-30)22(14-21)26(27,28)29)24(35)33(25)20-11-6-17(7-12-20)16-4-9-19(31-3)10-5-16/h4-14,31H,1-3H3. The molecule has 1 amide bonds. The number of hydrogen-bond acceptors (Lipinski definition) is 4. The highest BCUT2D eigenvalue weighted by atomic mass is 32.1. The summed E-state index contributed by atoms with van der Waals surface area (Å²) >= 11 is 5.58. The predicted molar refractivity (Wildman–Crippen MR) is 134 cm³/mol. The minimum absolute atomic E-state index is 0.0388. The maximum absolute atomic E-state index is 13.5. The Balaban J connectivity index is 1.70. The van der Waals surface area contributed by atoms with Gasteiger partial charge >= 0.3 is 6.18 Å². The van der Waals surface area contributed by atoms with Crippen molar-refractivity contribution in [3.63, 3.8) is 0 Å². The zero-order valence-corrected chi connectivity index (χ0v) is 20.0. The molecule has 1 aliphatic heterocycles. The maximum Gasteiger partial charge on any atom is 0.417 e. The van der Waals surface area contributed by atoms with Crippen molar-refractivity contribution in [2.45, 2.75) is 25.6 Å². The van der Waals surface area contributed by atoms with Crippen LogP contribution in [0.3, 0.4) is 0 Å². The van der Waals surface area contributed by atoms with Gasteiger partial charge < -0.3 is 10.2 Å². The quantitative estimate of drug-likeness (QED) is 0.438. The Hall–Kier alpha value is -3.90. The van der Waals surface area contributed by atoms with E-state index in [0.29, 0.717) is 5.69 Å². The van der Waals surface area contributed by atoms with Crippen molar-refractivity contribution in [1.82, 2.24) is 0 Å². The van der Waals surface area contributed by atoms with Gasteiger partial charge in [0.2, 0.25) is 0 Å². The summed E-state index contributed by atoms with van der Waals surface area (Å²) in [5.74, 6) is -0.466. The summed E-state index contributed by atoms with van der Waals surface area (Å²) < 4.78 is 40.5. The molecule has 1 heterocycles. The van der Waals surface area contributed by atoms with Crippen molar-refractivity contribution < 1.29 is 18.0 Å². The van der Waals surface area contributed by atoms with E-state index in [2.05, 4.69) is 5.32 Å². The third kappa shape index (κ3) is 4.21. The molecule has 0 aliphatic carbocycles. The second kappa shape index (κ2) is 8.71. The number of hydrogen-bond donors (Lipinski definition) is 1. The first-order valence-corrected chi connectivity index (χ1v) is 11.1. The average Bonchev–Trinajstić information content (AvgIpc) is 3.01. The van der Waals surface area contributed by atoms with Crippen molar-refractivity contribution in [2.75, 3.05) is 22.2 Å². The molecule has 0 atom stereocenters. The number of alkyl halides is 3. The maximum atomic E-state index is 13.5. The van der Waals surface area contributed by atoms with E-state index in [1.54, 1.807) is 24.8 Å². The Morgan fingerprint density at radius 1 is 0.943 bits per heavy atom. The third-order valence-corrected chi connectivity index (χ3v) is 6.35. The Morgan fingerprint density at radius 3 is 2.00 bits per heavy atom. The van der Waals surface area contributed by atoms with Crippen LogP contribution >= 0.6 is 12.2 Å². The lowest BCUT2D eigenvalue weighted by Crippen LogP contribution is -2.44. The van der Waals surface area contributed by atoms with Crippen molar-refractivity contribution in [3.8, 4) is 17.2 Å². The van der Waals surface area contributed by atoms with Crippen LogP contribution in [0.1, 0.15) is 25.0 Å². The van der Waals surface area contributed by atoms with E-state index in [1.807, 2.05) is 55.6 Å². The van der Waals surface area contributed by atoms with Gasteiger partial charge in [0.15, 0.2) is 5.11 Å². The number of amides is 1. The van der Waals surface area contributed by atoms with Crippen LogP contribution in [0.15, 0.2) is 66.7 Å². The van der Waals surface area contributed by atoms with Crippen LogP contribution in [0.25, 0.3) is 11.1 Å². The first-order valence-electron chi connectivity index (χ1n) is 10.7. The van der Waals surface area contributed by atoms with E-state index >= 15 is 0 Å². The largest absolute Gasteiger partial charge is 0.417 e. The number of nitrogens with zero attached hydrogens (tertiary/aromatic N) is 3. The number of carbonyl (C=O) groups excluding carboxylic acids is 1. The third-order valence-electron chi connectivity index (χ3n) is 5.99. The fourth-order valence-corrected chi connectivity index (χ4v) is 4.61. The fourth-order valence-electron chi connectivity index (χ4n) is 4.09. The predicted octanol–water partition coefficient (Wildman–Crippen LogP) is 6.20. The molecular weight excluding hydrogens is 473 g/mol. The molecule has 1 saturated heterocycles. The Bertz CT molecular complexity index is 1340. The van der Waals surface area contributed by atoms with Crippen molar-refractivity contribution in [2.24, 2.45) is 0 Å². The number of nitrogens with one attached hydrogen (secondary N) is 1. The summed E-state index contributed by atoms with van der Waals surface area (Å²) in [6.45, 7) is 3.33. The van der Waals surface area contributed by atoms with Gasteiger partial charge in [-0.2, -0.15) is 18.4 Å². The van der Waals surface area contributed by atoms with Gasteiger partial charge in [-0.25, -0.2) is 0 Å².